The van der Waals surface area contributed by atoms with Crippen LogP contribution in [0.5, 0.6) is 0 Å². The third kappa shape index (κ3) is 3.99. The van der Waals surface area contributed by atoms with Crippen LogP contribution < -0.4 is 4.90 Å². The van der Waals surface area contributed by atoms with Crippen molar-refractivity contribution in [2.45, 2.75) is 0 Å². The van der Waals surface area contributed by atoms with E-state index in [1.54, 1.807) is 30.3 Å². The van der Waals surface area contributed by atoms with E-state index in [0.29, 0.717) is 29.5 Å². The molecule has 0 spiro atoms. The SMILES string of the molecule is C=CCN1C(=Nc2ccc([N+](=O)[O-])cc2)C(=Nc2ccc([N+](=O)[O-])cc2)c2ccccc21. The summed E-state index contributed by atoms with van der Waals surface area (Å²) in [7, 11) is 0. The van der Waals surface area contributed by atoms with E-state index < -0.39 is 9.85 Å². The third-order valence-corrected chi connectivity index (χ3v) is 4.83. The number of para-hydroxylation sites is 1. The number of nitro benzene ring substituents is 2. The lowest BCUT2D eigenvalue weighted by molar-refractivity contribution is -0.385. The molecule has 9 nitrogen and oxygen atoms in total. The Morgan fingerprint density at radius 2 is 1.34 bits per heavy atom. The first-order valence-electron chi connectivity index (χ1n) is 9.62. The third-order valence-electron chi connectivity index (χ3n) is 4.83. The summed E-state index contributed by atoms with van der Waals surface area (Å²) >= 11 is 0. The molecule has 9 heteroatoms. The Labute approximate surface area is 183 Å². The van der Waals surface area contributed by atoms with Gasteiger partial charge < -0.3 is 4.90 Å². The molecular formula is C23H17N5O4. The molecule has 32 heavy (non-hydrogen) atoms. The van der Waals surface area contributed by atoms with E-state index in [2.05, 4.69) is 6.58 Å². The van der Waals surface area contributed by atoms with Gasteiger partial charge in [0.1, 0.15) is 5.71 Å². The highest BCUT2D eigenvalue weighted by Crippen LogP contribution is 2.33. The topological polar surface area (TPSA) is 114 Å². The zero-order valence-corrected chi connectivity index (χ0v) is 16.8. The van der Waals surface area contributed by atoms with Crippen LogP contribution in [0.25, 0.3) is 0 Å². The molecule has 0 amide bonds. The fourth-order valence-corrected chi connectivity index (χ4v) is 3.36. The van der Waals surface area contributed by atoms with E-state index >= 15 is 0 Å². The minimum Gasteiger partial charge on any atom is -0.320 e. The number of hydrogen-bond donors (Lipinski definition) is 0. The normalized spacial score (nSPS) is 15.1. The van der Waals surface area contributed by atoms with Gasteiger partial charge in [-0.25, -0.2) is 9.98 Å². The van der Waals surface area contributed by atoms with Crippen molar-refractivity contribution >= 4 is 40.0 Å². The maximum atomic E-state index is 11.0. The van der Waals surface area contributed by atoms with Crippen LogP contribution in [0.2, 0.25) is 0 Å². The number of hydrogen-bond acceptors (Lipinski definition) is 6. The van der Waals surface area contributed by atoms with Crippen LogP contribution in [0, 0.1) is 20.2 Å². The number of nitrogens with zero attached hydrogens (tertiary/aromatic N) is 5. The molecule has 3 aromatic rings. The van der Waals surface area contributed by atoms with Gasteiger partial charge in [-0.2, -0.15) is 0 Å². The molecule has 1 aliphatic heterocycles. The summed E-state index contributed by atoms with van der Waals surface area (Å²) in [6, 6.07) is 19.6. The molecule has 3 aromatic carbocycles. The Kier molecular flexibility index (Phi) is 5.54. The minimum absolute atomic E-state index is 0.0196. The summed E-state index contributed by atoms with van der Waals surface area (Å²) in [5.74, 6) is 0.554. The maximum absolute atomic E-state index is 11.0. The van der Waals surface area contributed by atoms with Gasteiger partial charge in [0.25, 0.3) is 11.4 Å². The number of fused-ring (bicyclic) bond motifs is 1. The quantitative estimate of drug-likeness (QED) is 0.298. The van der Waals surface area contributed by atoms with Gasteiger partial charge in [-0.1, -0.05) is 24.3 Å². The van der Waals surface area contributed by atoms with Gasteiger partial charge in [0.15, 0.2) is 5.84 Å². The molecule has 0 fully saturated rings. The Balaban J connectivity index is 1.84. The van der Waals surface area contributed by atoms with Crippen LogP contribution in [0.15, 0.2) is 95.4 Å². The van der Waals surface area contributed by atoms with Gasteiger partial charge in [0.05, 0.1) is 26.9 Å². The molecule has 0 radical (unpaired) electrons. The number of rotatable bonds is 6. The van der Waals surface area contributed by atoms with Crippen molar-refractivity contribution in [2.75, 3.05) is 11.4 Å². The van der Waals surface area contributed by atoms with Crippen LogP contribution in [0.1, 0.15) is 5.56 Å². The van der Waals surface area contributed by atoms with Crippen LogP contribution in [-0.2, 0) is 0 Å². The van der Waals surface area contributed by atoms with Crippen LogP contribution >= 0.6 is 0 Å². The van der Waals surface area contributed by atoms with Crippen LogP contribution in [-0.4, -0.2) is 27.9 Å². The number of nitro groups is 2. The second-order valence-electron chi connectivity index (χ2n) is 6.86. The van der Waals surface area contributed by atoms with Gasteiger partial charge in [-0.3, -0.25) is 20.2 Å². The molecule has 0 aromatic heterocycles. The minimum atomic E-state index is -0.464. The number of benzene rings is 3. The standard InChI is InChI=1S/C23H17N5O4/c1-2-15-26-21-6-4-3-5-20(21)22(24-16-7-11-18(12-8-16)27(29)30)23(26)25-17-9-13-19(14-10-17)28(31)32/h2-14H,1,15H2. The molecule has 0 bridgehead atoms. The van der Waals surface area contributed by atoms with Crippen molar-refractivity contribution in [2.24, 2.45) is 9.98 Å². The van der Waals surface area contributed by atoms with E-state index in [9.17, 15) is 20.2 Å². The van der Waals surface area contributed by atoms with E-state index in [1.807, 2.05) is 29.2 Å². The Morgan fingerprint density at radius 1 is 0.812 bits per heavy atom. The lowest BCUT2D eigenvalue weighted by atomic mass is 10.1. The lowest BCUT2D eigenvalue weighted by Crippen LogP contribution is -2.30. The highest BCUT2D eigenvalue weighted by molar-refractivity contribution is 6.57. The largest absolute Gasteiger partial charge is 0.320 e. The molecule has 0 N–H and O–H groups in total. The van der Waals surface area contributed by atoms with E-state index in [4.69, 9.17) is 9.98 Å². The summed E-state index contributed by atoms with van der Waals surface area (Å²) in [6.45, 7) is 4.30. The summed E-state index contributed by atoms with van der Waals surface area (Å²) in [4.78, 5) is 32.4. The molecule has 158 valence electrons. The number of anilines is 1. The van der Waals surface area contributed by atoms with Crippen molar-refractivity contribution in [3.8, 4) is 0 Å². The summed E-state index contributed by atoms with van der Waals surface area (Å²) in [6.07, 6.45) is 1.75. The maximum Gasteiger partial charge on any atom is 0.269 e. The van der Waals surface area contributed by atoms with Gasteiger partial charge in [0.2, 0.25) is 0 Å². The van der Waals surface area contributed by atoms with Crippen molar-refractivity contribution < 1.29 is 9.85 Å². The molecule has 1 aliphatic rings. The van der Waals surface area contributed by atoms with Crippen LogP contribution in [0.4, 0.5) is 28.4 Å². The molecule has 1 heterocycles. The van der Waals surface area contributed by atoms with Crippen molar-refractivity contribution in [1.82, 2.24) is 0 Å². The van der Waals surface area contributed by atoms with E-state index in [-0.39, 0.29) is 11.4 Å². The first kappa shape index (κ1) is 20.6. The smallest absolute Gasteiger partial charge is 0.269 e. The zero-order chi connectivity index (χ0) is 22.7. The Bertz CT molecular complexity index is 1260. The summed E-state index contributed by atoms with van der Waals surface area (Å²) in [5.41, 5.74) is 3.37. The van der Waals surface area contributed by atoms with Crippen LogP contribution in [0.3, 0.4) is 0 Å². The lowest BCUT2D eigenvalue weighted by Gasteiger charge is -2.17. The molecule has 0 saturated carbocycles. The van der Waals surface area contributed by atoms with Gasteiger partial charge >= 0.3 is 0 Å². The first-order valence-corrected chi connectivity index (χ1v) is 9.62. The zero-order valence-electron chi connectivity index (χ0n) is 16.8. The molecular weight excluding hydrogens is 410 g/mol. The molecule has 4 rings (SSSR count). The van der Waals surface area contributed by atoms with Crippen molar-refractivity contribution in [3.05, 3.63) is 111 Å². The predicted molar refractivity (Wildman–Crippen MR) is 123 cm³/mol. The number of amidine groups is 1. The molecule has 0 unspecified atom stereocenters. The predicted octanol–water partition coefficient (Wildman–Crippen LogP) is 5.36. The molecule has 0 saturated heterocycles. The van der Waals surface area contributed by atoms with Gasteiger partial charge in [-0.15, -0.1) is 6.58 Å². The highest BCUT2D eigenvalue weighted by atomic mass is 16.6. The van der Waals surface area contributed by atoms with E-state index in [0.717, 1.165) is 11.3 Å². The molecule has 0 atom stereocenters. The van der Waals surface area contributed by atoms with E-state index in [1.165, 1.54) is 24.3 Å². The Hall–Kier alpha value is -4.66. The number of non-ortho nitro benzene ring substituents is 2. The average molecular weight is 427 g/mol. The summed E-state index contributed by atoms with van der Waals surface area (Å²) in [5, 5.41) is 21.9. The summed E-state index contributed by atoms with van der Waals surface area (Å²) < 4.78 is 0. The molecule has 0 aliphatic carbocycles. The number of aliphatic imine (C=N–C) groups is 2. The van der Waals surface area contributed by atoms with Gasteiger partial charge in [-0.05, 0) is 30.3 Å². The first-order chi connectivity index (χ1) is 15.5. The Morgan fingerprint density at radius 3 is 1.88 bits per heavy atom. The second-order valence-corrected chi connectivity index (χ2v) is 6.86. The second kappa shape index (κ2) is 8.60. The highest BCUT2D eigenvalue weighted by Gasteiger charge is 2.31. The van der Waals surface area contributed by atoms with Crippen molar-refractivity contribution in [1.29, 1.82) is 0 Å². The fraction of sp³-hybridized carbons (Fsp3) is 0.0435. The van der Waals surface area contributed by atoms with Crippen molar-refractivity contribution in [3.63, 3.8) is 0 Å². The average Bonchev–Trinajstić information content (AvgIpc) is 3.07. The fourth-order valence-electron chi connectivity index (χ4n) is 3.36. The van der Waals surface area contributed by atoms with Gasteiger partial charge in [0, 0.05) is 36.4 Å². The monoisotopic (exact) mass is 427 g/mol.